The summed E-state index contributed by atoms with van der Waals surface area (Å²) in [5, 5.41) is 7.48. The molecule has 0 N–H and O–H groups in total. The number of nitrogens with zero attached hydrogens (tertiary/aromatic N) is 2. The fraction of sp³-hybridized carbons (Fsp3) is 0.0175. The minimum absolute atomic E-state index is 0.698. The van der Waals surface area contributed by atoms with Gasteiger partial charge in [0.1, 0.15) is 0 Å². The highest BCUT2D eigenvalue weighted by Gasteiger charge is 2.20. The van der Waals surface area contributed by atoms with Crippen molar-refractivity contribution >= 4 is 54.7 Å². The average molecular weight is 753 g/mol. The minimum atomic E-state index is 0.698. The number of benzene rings is 10. The molecule has 0 spiro atoms. The summed E-state index contributed by atoms with van der Waals surface area (Å²) in [4.78, 5) is 2.49. The van der Waals surface area contributed by atoms with Gasteiger partial charge in [-0.3, -0.25) is 0 Å². The Morgan fingerprint density at radius 2 is 0.932 bits per heavy atom. The number of anilines is 2. The molecule has 0 saturated heterocycles. The summed E-state index contributed by atoms with van der Waals surface area (Å²) in [6.45, 7) is 0.698. The Hall–Kier alpha value is -7.68. The number of aromatic nitrogens is 1. The molecule has 0 bridgehead atoms. The van der Waals surface area contributed by atoms with Crippen molar-refractivity contribution in [2.45, 2.75) is 6.54 Å². The third-order valence-corrected chi connectivity index (χ3v) is 11.8. The summed E-state index contributed by atoms with van der Waals surface area (Å²) >= 11 is 0. The standard InChI is InChI=1S/C57H40N2/c1-3-17-42(18-4-1)48-26-13-20-44-21-14-28-51(56(44)48)50-24-9-11-29-53(50)58(47-37-36-41-16-7-8-19-45(41)38-47)39-40-32-34-43(35-33-40)49-27-15-31-55-57(49)52-25-10-12-30-54(52)59(55)46-22-5-2-6-23-46/h1-38H,39H2. The van der Waals surface area contributed by atoms with Gasteiger partial charge in [0.05, 0.1) is 11.0 Å². The van der Waals surface area contributed by atoms with Gasteiger partial charge in [0.15, 0.2) is 0 Å². The smallest absolute Gasteiger partial charge is 0.0547 e. The normalized spacial score (nSPS) is 11.5. The number of fused-ring (bicyclic) bond motifs is 5. The van der Waals surface area contributed by atoms with Crippen molar-refractivity contribution in [3.05, 3.63) is 236 Å². The largest absolute Gasteiger partial charge is 0.336 e. The lowest BCUT2D eigenvalue weighted by Crippen LogP contribution is -2.17. The van der Waals surface area contributed by atoms with Crippen LogP contribution >= 0.6 is 0 Å². The molecule has 0 radical (unpaired) electrons. The van der Waals surface area contributed by atoms with Gasteiger partial charge in [-0.2, -0.15) is 0 Å². The predicted molar refractivity (Wildman–Crippen MR) is 251 cm³/mol. The second-order valence-corrected chi connectivity index (χ2v) is 15.3. The summed E-state index contributed by atoms with van der Waals surface area (Å²) in [7, 11) is 0. The Bertz CT molecular complexity index is 3280. The van der Waals surface area contributed by atoms with E-state index in [1.807, 2.05) is 0 Å². The fourth-order valence-corrected chi connectivity index (χ4v) is 9.11. The molecule has 11 aromatic rings. The van der Waals surface area contributed by atoms with Crippen molar-refractivity contribution in [2.75, 3.05) is 4.90 Å². The molecule has 1 heterocycles. The molecule has 0 fully saturated rings. The van der Waals surface area contributed by atoms with E-state index < -0.39 is 0 Å². The van der Waals surface area contributed by atoms with Gasteiger partial charge in [0.25, 0.3) is 0 Å². The molecular formula is C57H40N2. The lowest BCUT2D eigenvalue weighted by Gasteiger charge is -2.29. The van der Waals surface area contributed by atoms with Gasteiger partial charge in [-0.05, 0) is 97.4 Å². The SMILES string of the molecule is c1ccc(-c2cccc3cccc(-c4ccccc4N(Cc4ccc(-c5cccc6c5c5ccccc5n6-c5ccccc5)cc4)c4ccc5ccccc5c4)c23)cc1. The molecule has 0 aliphatic heterocycles. The van der Waals surface area contributed by atoms with Gasteiger partial charge in [-0.1, -0.05) is 188 Å². The van der Waals surface area contributed by atoms with Crippen LogP contribution in [0.1, 0.15) is 5.56 Å². The predicted octanol–water partition coefficient (Wildman–Crippen LogP) is 15.4. The van der Waals surface area contributed by atoms with Gasteiger partial charge in [-0.15, -0.1) is 0 Å². The van der Waals surface area contributed by atoms with Gasteiger partial charge >= 0.3 is 0 Å². The Balaban J connectivity index is 1.04. The molecule has 278 valence electrons. The Kier molecular flexibility index (Phi) is 8.60. The Morgan fingerprint density at radius 3 is 1.75 bits per heavy atom. The van der Waals surface area contributed by atoms with E-state index in [2.05, 4.69) is 240 Å². The molecule has 0 aliphatic rings. The second kappa shape index (κ2) is 14.7. The van der Waals surface area contributed by atoms with Gasteiger partial charge < -0.3 is 9.47 Å². The van der Waals surface area contributed by atoms with Crippen LogP contribution < -0.4 is 4.90 Å². The first-order chi connectivity index (χ1) is 29.3. The molecule has 59 heavy (non-hydrogen) atoms. The number of hydrogen-bond donors (Lipinski definition) is 0. The van der Waals surface area contributed by atoms with E-state index in [1.54, 1.807) is 0 Å². The highest BCUT2D eigenvalue weighted by atomic mass is 15.1. The Labute approximate surface area is 344 Å². The number of hydrogen-bond acceptors (Lipinski definition) is 1. The van der Waals surface area contributed by atoms with E-state index in [9.17, 15) is 0 Å². The maximum Gasteiger partial charge on any atom is 0.0547 e. The van der Waals surface area contributed by atoms with Crippen LogP contribution in [-0.4, -0.2) is 4.57 Å². The van der Waals surface area contributed by atoms with Crippen LogP contribution in [0.15, 0.2) is 231 Å². The van der Waals surface area contributed by atoms with Crippen LogP contribution in [0.4, 0.5) is 11.4 Å². The quantitative estimate of drug-likeness (QED) is 0.150. The van der Waals surface area contributed by atoms with Crippen LogP contribution in [-0.2, 0) is 6.54 Å². The zero-order chi connectivity index (χ0) is 39.1. The fourth-order valence-electron chi connectivity index (χ4n) is 9.11. The second-order valence-electron chi connectivity index (χ2n) is 15.3. The molecular weight excluding hydrogens is 713 g/mol. The molecule has 11 rings (SSSR count). The van der Waals surface area contributed by atoms with Crippen LogP contribution in [0.2, 0.25) is 0 Å². The van der Waals surface area contributed by atoms with E-state index in [4.69, 9.17) is 0 Å². The lowest BCUT2D eigenvalue weighted by molar-refractivity contribution is 0.978. The van der Waals surface area contributed by atoms with Crippen LogP contribution in [0, 0.1) is 0 Å². The molecule has 1 aromatic heterocycles. The molecule has 0 atom stereocenters. The van der Waals surface area contributed by atoms with Crippen LogP contribution in [0.3, 0.4) is 0 Å². The van der Waals surface area contributed by atoms with Crippen molar-refractivity contribution in [1.82, 2.24) is 4.57 Å². The van der Waals surface area contributed by atoms with E-state index >= 15 is 0 Å². The van der Waals surface area contributed by atoms with Crippen LogP contribution in [0.25, 0.3) is 82.4 Å². The first-order valence-electron chi connectivity index (χ1n) is 20.4. The molecule has 2 nitrogen and oxygen atoms in total. The van der Waals surface area contributed by atoms with Gasteiger partial charge in [0.2, 0.25) is 0 Å². The van der Waals surface area contributed by atoms with Crippen molar-refractivity contribution in [3.63, 3.8) is 0 Å². The van der Waals surface area contributed by atoms with E-state index in [0.717, 1.165) is 5.69 Å². The molecule has 0 aliphatic carbocycles. The van der Waals surface area contributed by atoms with E-state index in [0.29, 0.717) is 6.54 Å². The van der Waals surface area contributed by atoms with Crippen LogP contribution in [0.5, 0.6) is 0 Å². The summed E-state index contributed by atoms with van der Waals surface area (Å²) in [6.07, 6.45) is 0. The third-order valence-electron chi connectivity index (χ3n) is 11.8. The van der Waals surface area contributed by atoms with Crippen molar-refractivity contribution in [2.24, 2.45) is 0 Å². The van der Waals surface area contributed by atoms with Gasteiger partial charge in [-0.25, -0.2) is 0 Å². The zero-order valence-corrected chi connectivity index (χ0v) is 32.5. The monoisotopic (exact) mass is 752 g/mol. The first kappa shape index (κ1) is 34.6. The molecule has 0 saturated carbocycles. The maximum absolute atomic E-state index is 2.49. The highest BCUT2D eigenvalue weighted by Crippen LogP contribution is 2.43. The number of para-hydroxylation sites is 3. The average Bonchev–Trinajstić information content (AvgIpc) is 3.66. The molecule has 2 heteroatoms. The number of rotatable bonds is 8. The first-order valence-corrected chi connectivity index (χ1v) is 20.4. The third kappa shape index (κ3) is 6.14. The molecule has 0 amide bonds. The van der Waals surface area contributed by atoms with E-state index in [-0.39, 0.29) is 0 Å². The zero-order valence-electron chi connectivity index (χ0n) is 32.5. The lowest BCUT2D eigenvalue weighted by atomic mass is 9.90. The topological polar surface area (TPSA) is 8.17 Å². The minimum Gasteiger partial charge on any atom is -0.336 e. The summed E-state index contributed by atoms with van der Waals surface area (Å²) in [6, 6.07) is 84.0. The van der Waals surface area contributed by atoms with Crippen molar-refractivity contribution in [1.29, 1.82) is 0 Å². The van der Waals surface area contributed by atoms with E-state index in [1.165, 1.54) is 93.7 Å². The van der Waals surface area contributed by atoms with Gasteiger partial charge in [0, 0.05) is 39.9 Å². The maximum atomic E-state index is 2.49. The van der Waals surface area contributed by atoms with Crippen molar-refractivity contribution < 1.29 is 0 Å². The molecule has 10 aromatic carbocycles. The summed E-state index contributed by atoms with van der Waals surface area (Å²) in [5.74, 6) is 0. The highest BCUT2D eigenvalue weighted by molar-refractivity contribution is 6.16. The van der Waals surface area contributed by atoms with Crippen molar-refractivity contribution in [3.8, 4) is 39.1 Å². The Morgan fingerprint density at radius 1 is 0.356 bits per heavy atom. The molecule has 0 unspecified atom stereocenters. The summed E-state index contributed by atoms with van der Waals surface area (Å²) < 4.78 is 2.39. The summed E-state index contributed by atoms with van der Waals surface area (Å²) in [5.41, 5.74) is 14.5.